The summed E-state index contributed by atoms with van der Waals surface area (Å²) in [7, 11) is 1.47. The Morgan fingerprint density at radius 1 is 1.36 bits per heavy atom. The van der Waals surface area contributed by atoms with Gasteiger partial charge in [-0.05, 0) is 20.8 Å². The van der Waals surface area contributed by atoms with Crippen LogP contribution < -0.4 is 10.9 Å². The topological polar surface area (TPSA) is 84.3 Å². The predicted octanol–water partition coefficient (Wildman–Crippen LogP) is 0.923. The summed E-state index contributed by atoms with van der Waals surface area (Å²) in [5.41, 5.74) is -1.04. The molecule has 0 saturated carbocycles. The van der Waals surface area contributed by atoms with Crippen molar-refractivity contribution in [1.82, 2.24) is 20.0 Å². The van der Waals surface area contributed by atoms with E-state index in [9.17, 15) is 14.4 Å². The highest BCUT2D eigenvalue weighted by atomic mass is 35.5. The molecule has 0 aliphatic rings. The lowest BCUT2D eigenvalue weighted by Gasteiger charge is -2.23. The monoisotopic (exact) mass is 348 g/mol. The third-order valence-electron chi connectivity index (χ3n) is 2.55. The Bertz CT molecular complexity index is 637. The first-order valence-electron chi connectivity index (χ1n) is 6.47. The largest absolute Gasteiger partial charge is 0.350 e. The molecule has 0 atom stereocenters. The van der Waals surface area contributed by atoms with Gasteiger partial charge in [0.2, 0.25) is 11.8 Å². The Morgan fingerprint density at radius 3 is 2.50 bits per heavy atom. The molecule has 0 aliphatic carbocycles. The fraction of sp³-hybridized carbons (Fsp3) is 0.538. The summed E-state index contributed by atoms with van der Waals surface area (Å²) in [6.07, 6.45) is 1.19. The minimum atomic E-state index is -0.657. The molecule has 1 aromatic rings. The van der Waals surface area contributed by atoms with Crippen molar-refractivity contribution in [2.45, 2.75) is 32.9 Å². The molecule has 2 amide bonds. The van der Waals surface area contributed by atoms with Crippen LogP contribution in [0.2, 0.25) is 10.0 Å². The van der Waals surface area contributed by atoms with Gasteiger partial charge in [-0.25, -0.2) is 4.68 Å². The van der Waals surface area contributed by atoms with Gasteiger partial charge >= 0.3 is 0 Å². The van der Waals surface area contributed by atoms with Crippen LogP contribution in [0.25, 0.3) is 0 Å². The Balaban J connectivity index is 2.71. The highest BCUT2D eigenvalue weighted by Crippen LogP contribution is 2.14. The zero-order valence-corrected chi connectivity index (χ0v) is 14.3. The van der Waals surface area contributed by atoms with Crippen LogP contribution in [-0.4, -0.2) is 45.6 Å². The number of amides is 2. The first-order valence-corrected chi connectivity index (χ1v) is 7.23. The van der Waals surface area contributed by atoms with E-state index in [1.807, 2.05) is 20.8 Å². The Morgan fingerprint density at radius 2 is 1.95 bits per heavy atom. The van der Waals surface area contributed by atoms with E-state index in [2.05, 4.69) is 10.4 Å². The van der Waals surface area contributed by atoms with Crippen LogP contribution in [0.5, 0.6) is 0 Å². The molecule has 0 bridgehead atoms. The lowest BCUT2D eigenvalue weighted by Crippen LogP contribution is -2.47. The van der Waals surface area contributed by atoms with Crippen LogP contribution in [0.1, 0.15) is 20.8 Å². The molecule has 9 heteroatoms. The highest BCUT2D eigenvalue weighted by molar-refractivity contribution is 6.41. The number of likely N-dealkylation sites (N-methyl/N-ethyl adjacent to an activating group) is 1. The molecule has 0 aliphatic heterocycles. The van der Waals surface area contributed by atoms with Gasteiger partial charge in [-0.2, -0.15) is 5.10 Å². The van der Waals surface area contributed by atoms with Crippen molar-refractivity contribution in [3.05, 3.63) is 26.6 Å². The second-order valence-corrected chi connectivity index (χ2v) is 6.60. The van der Waals surface area contributed by atoms with Crippen LogP contribution in [0.3, 0.4) is 0 Å². The molecule has 0 spiro atoms. The average molecular weight is 349 g/mol. The van der Waals surface area contributed by atoms with Gasteiger partial charge in [0.15, 0.2) is 0 Å². The van der Waals surface area contributed by atoms with Gasteiger partial charge in [0, 0.05) is 12.6 Å². The normalized spacial score (nSPS) is 11.2. The van der Waals surface area contributed by atoms with Gasteiger partial charge in [-0.1, -0.05) is 23.2 Å². The number of carbonyl (C=O) groups is 2. The van der Waals surface area contributed by atoms with Crippen molar-refractivity contribution in [1.29, 1.82) is 0 Å². The number of halogens is 2. The molecule has 22 heavy (non-hydrogen) atoms. The second kappa shape index (κ2) is 7.11. The smallest absolute Gasteiger partial charge is 0.287 e. The van der Waals surface area contributed by atoms with E-state index >= 15 is 0 Å². The standard InChI is InChI=1S/C13H18Cl2N4O3/c1-13(2,3)17-9(20)6-18(4)10(21)7-19-12(22)11(15)8(14)5-16-19/h5H,6-7H2,1-4H3,(H,17,20). The van der Waals surface area contributed by atoms with Crippen LogP contribution in [0.15, 0.2) is 11.0 Å². The van der Waals surface area contributed by atoms with E-state index in [1.165, 1.54) is 18.1 Å². The number of carbonyl (C=O) groups excluding carboxylic acids is 2. The Kier molecular flexibility index (Phi) is 5.96. The average Bonchev–Trinajstić information content (AvgIpc) is 2.37. The molecule has 0 aromatic carbocycles. The fourth-order valence-electron chi connectivity index (χ4n) is 1.57. The van der Waals surface area contributed by atoms with Gasteiger partial charge in [-0.3, -0.25) is 14.4 Å². The first kappa shape index (κ1) is 18.4. The van der Waals surface area contributed by atoms with E-state index in [0.29, 0.717) is 0 Å². The van der Waals surface area contributed by atoms with E-state index in [1.54, 1.807) is 0 Å². The summed E-state index contributed by atoms with van der Waals surface area (Å²) < 4.78 is 0.898. The third kappa shape index (κ3) is 5.31. The molecule has 0 unspecified atom stereocenters. The third-order valence-corrected chi connectivity index (χ3v) is 3.30. The molecule has 1 heterocycles. The summed E-state index contributed by atoms with van der Waals surface area (Å²) in [6.45, 7) is 5.07. The summed E-state index contributed by atoms with van der Waals surface area (Å²) in [6, 6.07) is 0. The maximum atomic E-state index is 12.0. The van der Waals surface area contributed by atoms with E-state index in [0.717, 1.165) is 4.68 Å². The predicted molar refractivity (Wildman–Crippen MR) is 84.0 cm³/mol. The van der Waals surface area contributed by atoms with Crippen molar-refractivity contribution in [3.8, 4) is 0 Å². The molecule has 0 saturated heterocycles. The number of nitrogens with zero attached hydrogens (tertiary/aromatic N) is 3. The molecule has 1 N–H and O–H groups in total. The lowest BCUT2D eigenvalue weighted by atomic mass is 10.1. The molecule has 0 fully saturated rings. The first-order chi connectivity index (χ1) is 10.0. The molecular formula is C13H18Cl2N4O3. The van der Waals surface area contributed by atoms with E-state index in [4.69, 9.17) is 23.2 Å². The second-order valence-electron chi connectivity index (χ2n) is 5.82. The molecule has 122 valence electrons. The fourth-order valence-corrected chi connectivity index (χ4v) is 1.84. The number of hydrogen-bond donors (Lipinski definition) is 1. The van der Waals surface area contributed by atoms with Crippen LogP contribution in [-0.2, 0) is 16.1 Å². The van der Waals surface area contributed by atoms with Gasteiger partial charge in [0.1, 0.15) is 11.6 Å². The zero-order chi connectivity index (χ0) is 17.1. The Labute approximate surface area is 138 Å². The molecule has 7 nitrogen and oxygen atoms in total. The van der Waals surface area contributed by atoms with Gasteiger partial charge in [-0.15, -0.1) is 0 Å². The van der Waals surface area contributed by atoms with Gasteiger partial charge < -0.3 is 10.2 Å². The number of hydrogen-bond acceptors (Lipinski definition) is 4. The van der Waals surface area contributed by atoms with E-state index < -0.39 is 11.5 Å². The van der Waals surface area contributed by atoms with Crippen molar-refractivity contribution >= 4 is 35.0 Å². The van der Waals surface area contributed by atoms with Crippen molar-refractivity contribution in [2.75, 3.05) is 13.6 Å². The number of aromatic nitrogens is 2. The maximum absolute atomic E-state index is 12.0. The van der Waals surface area contributed by atoms with Crippen LogP contribution in [0.4, 0.5) is 0 Å². The number of rotatable bonds is 4. The molecular weight excluding hydrogens is 331 g/mol. The van der Waals surface area contributed by atoms with Gasteiger partial charge in [0.05, 0.1) is 17.8 Å². The molecule has 1 rings (SSSR count). The maximum Gasteiger partial charge on any atom is 0.287 e. The highest BCUT2D eigenvalue weighted by Gasteiger charge is 2.19. The van der Waals surface area contributed by atoms with Crippen LogP contribution >= 0.6 is 23.2 Å². The molecule has 1 aromatic heterocycles. The minimum absolute atomic E-state index is 0.0216. The van der Waals surface area contributed by atoms with Crippen molar-refractivity contribution < 1.29 is 9.59 Å². The zero-order valence-electron chi connectivity index (χ0n) is 12.8. The lowest BCUT2D eigenvalue weighted by molar-refractivity contribution is -0.135. The summed E-state index contributed by atoms with van der Waals surface area (Å²) >= 11 is 11.4. The molecule has 0 radical (unpaired) electrons. The quantitative estimate of drug-likeness (QED) is 0.876. The van der Waals surface area contributed by atoms with Crippen molar-refractivity contribution in [3.63, 3.8) is 0 Å². The minimum Gasteiger partial charge on any atom is -0.350 e. The Hall–Kier alpha value is -1.60. The number of nitrogens with one attached hydrogen (secondary N) is 1. The summed E-state index contributed by atoms with van der Waals surface area (Å²) in [5.74, 6) is -0.741. The van der Waals surface area contributed by atoms with Crippen molar-refractivity contribution in [2.24, 2.45) is 0 Å². The SMILES string of the molecule is CN(CC(=O)NC(C)(C)C)C(=O)Cn1ncc(Cl)c(Cl)c1=O. The summed E-state index contributed by atoms with van der Waals surface area (Å²) in [5, 5.41) is 6.31. The van der Waals surface area contributed by atoms with Crippen LogP contribution in [0, 0.1) is 0 Å². The van der Waals surface area contributed by atoms with E-state index in [-0.39, 0.29) is 34.6 Å². The van der Waals surface area contributed by atoms with Gasteiger partial charge in [0.25, 0.3) is 5.56 Å². The summed E-state index contributed by atoms with van der Waals surface area (Å²) in [4.78, 5) is 36.8.